The van der Waals surface area contributed by atoms with E-state index in [4.69, 9.17) is 19.4 Å². The van der Waals surface area contributed by atoms with Gasteiger partial charge in [0.05, 0.1) is 35.6 Å². The monoisotopic (exact) mass is 603 g/mol. The van der Waals surface area contributed by atoms with Crippen LogP contribution in [0.25, 0.3) is 11.1 Å². The number of anilines is 1. The van der Waals surface area contributed by atoms with Crippen LogP contribution in [-0.4, -0.2) is 66.7 Å². The van der Waals surface area contributed by atoms with Gasteiger partial charge in [0.1, 0.15) is 29.5 Å². The number of hydrogen-bond acceptors (Lipinski definition) is 11. The molecule has 0 aliphatic carbocycles. The van der Waals surface area contributed by atoms with Crippen LogP contribution in [0.3, 0.4) is 0 Å². The lowest BCUT2D eigenvalue weighted by Crippen LogP contribution is -2.26. The number of oxime groups is 1. The third-order valence-electron chi connectivity index (χ3n) is 7.00. The zero-order valence-corrected chi connectivity index (χ0v) is 22.6. The topological polar surface area (TPSA) is 184 Å². The highest BCUT2D eigenvalue weighted by molar-refractivity contribution is 5.99. The van der Waals surface area contributed by atoms with Crippen LogP contribution in [0.4, 0.5) is 25.4 Å². The lowest BCUT2D eigenvalue weighted by atomic mass is 10.0. The Hall–Kier alpha value is -5.93. The van der Waals surface area contributed by atoms with Gasteiger partial charge in [0.15, 0.2) is 0 Å². The number of aromatic nitrogens is 4. The summed E-state index contributed by atoms with van der Waals surface area (Å²) in [5.41, 5.74) is 2.16. The summed E-state index contributed by atoms with van der Waals surface area (Å²) < 4.78 is 26.9. The van der Waals surface area contributed by atoms with E-state index in [0.717, 1.165) is 6.07 Å². The molecule has 2 aliphatic heterocycles. The number of benzene rings is 2. The maximum atomic E-state index is 15.2. The summed E-state index contributed by atoms with van der Waals surface area (Å²) in [6, 6.07) is 11.4. The molecule has 0 unspecified atom stereocenters. The fourth-order valence-corrected chi connectivity index (χ4v) is 4.96. The van der Waals surface area contributed by atoms with E-state index in [-0.39, 0.29) is 42.0 Å². The fourth-order valence-electron chi connectivity index (χ4n) is 4.96. The van der Waals surface area contributed by atoms with Crippen molar-refractivity contribution in [3.63, 3.8) is 0 Å². The van der Waals surface area contributed by atoms with Gasteiger partial charge in [-0.15, -0.1) is 5.10 Å². The first-order valence-corrected chi connectivity index (χ1v) is 13.2. The molecule has 4 aromatic rings. The van der Waals surface area contributed by atoms with E-state index in [0.29, 0.717) is 29.2 Å². The summed E-state index contributed by atoms with van der Waals surface area (Å²) in [7, 11) is 0. The molecule has 4 heterocycles. The van der Waals surface area contributed by atoms with E-state index in [1.807, 2.05) is 0 Å². The Morgan fingerprint density at radius 2 is 2.05 bits per heavy atom. The van der Waals surface area contributed by atoms with Crippen molar-refractivity contribution in [2.24, 2.45) is 5.16 Å². The lowest BCUT2D eigenvalue weighted by Gasteiger charge is -2.14. The Bertz CT molecular complexity index is 1760. The molecule has 2 atom stereocenters. The van der Waals surface area contributed by atoms with Crippen LogP contribution < -0.4 is 9.64 Å². The molecular formula is C28H22FN7O8. The minimum atomic E-state index is -1.55. The summed E-state index contributed by atoms with van der Waals surface area (Å²) in [6.07, 6.45) is 1.90. The van der Waals surface area contributed by atoms with Crippen molar-refractivity contribution in [2.45, 2.75) is 31.6 Å². The molecule has 1 fully saturated rings. The summed E-state index contributed by atoms with van der Waals surface area (Å²) in [5.74, 6) is -0.591. The van der Waals surface area contributed by atoms with E-state index in [2.05, 4.69) is 20.5 Å². The maximum absolute atomic E-state index is 15.2. The Morgan fingerprint density at radius 1 is 1.18 bits per heavy atom. The van der Waals surface area contributed by atoms with Gasteiger partial charge in [-0.25, -0.2) is 18.7 Å². The van der Waals surface area contributed by atoms with E-state index >= 15 is 4.39 Å². The molecule has 1 saturated heterocycles. The van der Waals surface area contributed by atoms with E-state index in [1.54, 1.807) is 35.1 Å². The van der Waals surface area contributed by atoms with E-state index in [1.165, 1.54) is 35.5 Å². The van der Waals surface area contributed by atoms with Crippen molar-refractivity contribution >= 4 is 29.3 Å². The average molecular weight is 604 g/mol. The van der Waals surface area contributed by atoms with Crippen LogP contribution in [0.2, 0.25) is 0 Å². The molecule has 224 valence electrons. The molecule has 2 aromatic carbocycles. The smallest absolute Gasteiger partial charge is 0.449 e. The Kier molecular flexibility index (Phi) is 7.53. The largest absolute Gasteiger partial charge is 0.511 e. The number of nitrogens with zero attached hydrogens (tertiary/aromatic N) is 7. The summed E-state index contributed by atoms with van der Waals surface area (Å²) in [4.78, 5) is 45.3. The molecule has 2 aliphatic rings. The van der Waals surface area contributed by atoms with Gasteiger partial charge < -0.3 is 19.4 Å². The average Bonchev–Trinajstić information content (AvgIpc) is 3.76. The molecule has 0 saturated carbocycles. The number of ether oxygens (including phenoxy) is 2. The van der Waals surface area contributed by atoms with Crippen LogP contribution >= 0.6 is 0 Å². The summed E-state index contributed by atoms with van der Waals surface area (Å²) in [6.45, 7) is 0.556. The SMILES string of the molecule is O=C(O)Oc1ccc([N+](=O)[O-])cc1C[C@H]1CC(c2ccc(-c3ccc(N4C[C@H](Cn5ccnn5)OC4=O)cc3F)cn2)=NO1. The number of hydrogen-bond donors (Lipinski definition) is 1. The number of amides is 1. The molecule has 44 heavy (non-hydrogen) atoms. The Labute approximate surface area is 247 Å². The molecule has 2 aromatic heterocycles. The number of halogens is 1. The van der Waals surface area contributed by atoms with Gasteiger partial charge in [-0.05, 0) is 30.3 Å². The summed E-state index contributed by atoms with van der Waals surface area (Å²) in [5, 5.41) is 31.9. The van der Waals surface area contributed by atoms with Crippen molar-refractivity contribution in [1.82, 2.24) is 20.0 Å². The molecule has 0 spiro atoms. The highest BCUT2D eigenvalue weighted by Gasteiger charge is 2.33. The van der Waals surface area contributed by atoms with Crippen molar-refractivity contribution in [1.29, 1.82) is 0 Å². The van der Waals surface area contributed by atoms with Crippen molar-refractivity contribution < 1.29 is 38.3 Å². The molecule has 1 amide bonds. The van der Waals surface area contributed by atoms with Gasteiger partial charge >= 0.3 is 12.2 Å². The molecule has 15 nitrogen and oxygen atoms in total. The van der Waals surface area contributed by atoms with Crippen molar-refractivity contribution in [3.8, 4) is 16.9 Å². The third-order valence-corrected chi connectivity index (χ3v) is 7.00. The maximum Gasteiger partial charge on any atom is 0.511 e. The highest BCUT2D eigenvalue weighted by atomic mass is 19.1. The second kappa shape index (κ2) is 11.7. The molecule has 1 N–H and O–H groups in total. The molecule has 6 rings (SSSR count). The quantitative estimate of drug-likeness (QED) is 0.125. The zero-order chi connectivity index (χ0) is 30.8. The second-order valence-electron chi connectivity index (χ2n) is 9.93. The van der Waals surface area contributed by atoms with Gasteiger partial charge in [0, 0.05) is 54.1 Å². The van der Waals surface area contributed by atoms with Crippen LogP contribution in [0.5, 0.6) is 5.75 Å². The van der Waals surface area contributed by atoms with Crippen LogP contribution in [-0.2, 0) is 22.5 Å². The van der Waals surface area contributed by atoms with Crippen molar-refractivity contribution in [2.75, 3.05) is 11.4 Å². The first-order valence-electron chi connectivity index (χ1n) is 13.2. The molecular weight excluding hydrogens is 581 g/mol. The number of rotatable bonds is 9. The second-order valence-corrected chi connectivity index (χ2v) is 9.93. The summed E-state index contributed by atoms with van der Waals surface area (Å²) >= 11 is 0. The number of cyclic esters (lactones) is 1. The molecule has 0 bridgehead atoms. The number of nitro benzene ring substituents is 1. The van der Waals surface area contributed by atoms with Crippen LogP contribution in [0.1, 0.15) is 17.7 Å². The third kappa shape index (κ3) is 5.99. The fraction of sp³-hybridized carbons (Fsp3) is 0.214. The number of carboxylic acid groups (broad SMARTS) is 1. The first-order chi connectivity index (χ1) is 21.2. The number of pyridine rings is 1. The Balaban J connectivity index is 1.10. The van der Waals surface area contributed by atoms with Gasteiger partial charge in [-0.3, -0.25) is 20.0 Å². The van der Waals surface area contributed by atoms with Gasteiger partial charge in [0.2, 0.25) is 0 Å². The molecule has 16 heteroatoms. The van der Waals surface area contributed by atoms with Gasteiger partial charge in [-0.2, -0.15) is 0 Å². The van der Waals surface area contributed by atoms with Crippen LogP contribution in [0.15, 0.2) is 72.3 Å². The highest BCUT2D eigenvalue weighted by Crippen LogP contribution is 2.31. The minimum absolute atomic E-state index is 0.0381. The standard InChI is InChI=1S/C28H22FN7O8/c29-23-11-18(35-15-21(42-27(35)37)14-34-8-7-31-33-34)2-4-22(23)16-1-5-24(30-13-16)25-12-20(44-32-25)10-17-9-19(36(40)41)3-6-26(17)43-28(38)39/h1-9,11,13,20-21H,10,12,14-15H2,(H,38,39)/t20-,21-/m0/s1. The predicted molar refractivity (Wildman–Crippen MR) is 149 cm³/mol. The van der Waals surface area contributed by atoms with E-state index in [9.17, 15) is 19.7 Å². The number of carbonyl (C=O) groups is 2. The van der Waals surface area contributed by atoms with Gasteiger partial charge in [0.25, 0.3) is 5.69 Å². The van der Waals surface area contributed by atoms with Crippen LogP contribution in [0, 0.1) is 15.9 Å². The minimum Gasteiger partial charge on any atom is -0.449 e. The van der Waals surface area contributed by atoms with Crippen molar-refractivity contribution in [3.05, 3.63) is 94.3 Å². The number of carbonyl (C=O) groups excluding carboxylic acids is 1. The lowest BCUT2D eigenvalue weighted by molar-refractivity contribution is -0.384. The number of nitro groups is 1. The predicted octanol–water partition coefficient (Wildman–Crippen LogP) is 4.21. The first kappa shape index (κ1) is 28.2. The normalized spacial score (nSPS) is 17.6. The Morgan fingerprint density at radius 3 is 2.75 bits per heavy atom. The van der Waals surface area contributed by atoms with Gasteiger partial charge in [-0.1, -0.05) is 16.4 Å². The molecule has 0 radical (unpaired) electrons. The zero-order valence-electron chi connectivity index (χ0n) is 22.6. The van der Waals surface area contributed by atoms with E-state index < -0.39 is 35.2 Å². The number of non-ortho nitro benzene ring substituents is 1.